The smallest absolute Gasteiger partial charge is 0.316 e. The van der Waals surface area contributed by atoms with Gasteiger partial charge in [-0.05, 0) is 38.1 Å². The largest absolute Gasteiger partial charge is 0.389 e. The molecule has 0 amide bonds. The summed E-state index contributed by atoms with van der Waals surface area (Å²) < 4.78 is 36.2. The van der Waals surface area contributed by atoms with Gasteiger partial charge in [0.1, 0.15) is 0 Å². The van der Waals surface area contributed by atoms with Crippen LogP contribution in [0.4, 0.5) is 13.2 Å². The molecule has 0 bridgehead atoms. The highest BCUT2D eigenvalue weighted by Crippen LogP contribution is 2.42. The molecule has 1 N–H and O–H groups in total. The van der Waals surface area contributed by atoms with Gasteiger partial charge in [0, 0.05) is 12.5 Å². The van der Waals surface area contributed by atoms with E-state index in [9.17, 15) is 13.2 Å². The van der Waals surface area contributed by atoms with Crippen LogP contribution in [0.15, 0.2) is 0 Å². The molecule has 1 nitrogen and oxygen atoms in total. The molecule has 1 atom stereocenters. The van der Waals surface area contributed by atoms with Gasteiger partial charge in [-0.15, -0.1) is 0 Å². The maximum Gasteiger partial charge on any atom is 0.389 e. The molecule has 1 saturated carbocycles. The number of nitrogens with one attached hydrogen (secondary N) is 1. The van der Waals surface area contributed by atoms with E-state index >= 15 is 0 Å². The Hall–Kier alpha value is -0.250. The lowest BCUT2D eigenvalue weighted by molar-refractivity contribution is -0.136. The highest BCUT2D eigenvalue weighted by Gasteiger charge is 2.36. The molecule has 0 aromatic rings. The molecule has 0 aliphatic heterocycles. The minimum atomic E-state index is -4.01. The third-order valence-corrected chi connectivity index (χ3v) is 3.89. The van der Waals surface area contributed by atoms with Gasteiger partial charge in [-0.1, -0.05) is 19.8 Å². The first kappa shape index (κ1) is 13.8. The summed E-state index contributed by atoms with van der Waals surface area (Å²) in [5, 5.41) is 3.20. The second-order valence-corrected chi connectivity index (χ2v) is 5.21. The van der Waals surface area contributed by atoms with Crippen molar-refractivity contribution in [2.24, 2.45) is 5.41 Å². The number of rotatable bonds is 5. The molecule has 96 valence electrons. The molecule has 1 aliphatic rings. The molecule has 1 aliphatic carbocycles. The molecule has 0 heterocycles. The lowest BCUT2D eigenvalue weighted by atomic mass is 9.78. The summed E-state index contributed by atoms with van der Waals surface area (Å²) in [6.07, 6.45) is 0.935. The Morgan fingerprint density at radius 3 is 2.25 bits per heavy atom. The Balaban J connectivity index is 2.37. The van der Waals surface area contributed by atoms with E-state index in [1.165, 1.54) is 12.8 Å². The standard InChI is InChI=1S/C12H22F3N/c1-11(7-3-4-8-11)10(16-2)6-5-9-12(13,14)15/h10,16H,3-9H2,1-2H3. The lowest BCUT2D eigenvalue weighted by Gasteiger charge is -2.34. The maximum absolute atomic E-state index is 12.1. The lowest BCUT2D eigenvalue weighted by Crippen LogP contribution is -2.40. The molecule has 16 heavy (non-hydrogen) atoms. The molecule has 0 radical (unpaired) electrons. The van der Waals surface area contributed by atoms with Crippen molar-refractivity contribution in [3.05, 3.63) is 0 Å². The van der Waals surface area contributed by atoms with Gasteiger partial charge in [-0.2, -0.15) is 13.2 Å². The van der Waals surface area contributed by atoms with Gasteiger partial charge >= 0.3 is 6.18 Å². The number of alkyl halides is 3. The van der Waals surface area contributed by atoms with Crippen LogP contribution in [0.3, 0.4) is 0 Å². The Labute approximate surface area is 95.8 Å². The summed E-state index contributed by atoms with van der Waals surface area (Å²) in [6, 6.07) is 0.234. The molecule has 0 aromatic heterocycles. The van der Waals surface area contributed by atoms with Crippen LogP contribution in [-0.4, -0.2) is 19.3 Å². The third kappa shape index (κ3) is 3.96. The zero-order valence-electron chi connectivity index (χ0n) is 10.2. The normalized spacial score (nSPS) is 22.3. The molecule has 1 fully saturated rings. The van der Waals surface area contributed by atoms with E-state index in [2.05, 4.69) is 12.2 Å². The van der Waals surface area contributed by atoms with E-state index in [0.29, 0.717) is 6.42 Å². The van der Waals surface area contributed by atoms with E-state index in [0.717, 1.165) is 12.8 Å². The van der Waals surface area contributed by atoms with Gasteiger partial charge in [0.15, 0.2) is 0 Å². The number of halogens is 3. The summed E-state index contributed by atoms with van der Waals surface area (Å²) in [6.45, 7) is 2.20. The summed E-state index contributed by atoms with van der Waals surface area (Å²) in [5.41, 5.74) is 0.209. The first-order chi connectivity index (χ1) is 7.37. The highest BCUT2D eigenvalue weighted by atomic mass is 19.4. The third-order valence-electron chi connectivity index (χ3n) is 3.89. The van der Waals surface area contributed by atoms with Gasteiger partial charge < -0.3 is 5.32 Å². The summed E-state index contributed by atoms with van der Waals surface area (Å²) in [7, 11) is 1.86. The molecule has 0 spiro atoms. The van der Waals surface area contributed by atoms with Crippen LogP contribution >= 0.6 is 0 Å². The van der Waals surface area contributed by atoms with Crippen molar-refractivity contribution in [1.29, 1.82) is 0 Å². The minimum absolute atomic E-state index is 0.209. The molecule has 0 saturated heterocycles. The fraction of sp³-hybridized carbons (Fsp3) is 1.00. The first-order valence-corrected chi connectivity index (χ1v) is 6.11. The zero-order valence-corrected chi connectivity index (χ0v) is 10.2. The van der Waals surface area contributed by atoms with E-state index < -0.39 is 12.6 Å². The highest BCUT2D eigenvalue weighted by molar-refractivity contribution is 4.90. The molecule has 1 unspecified atom stereocenters. The van der Waals surface area contributed by atoms with Crippen molar-refractivity contribution in [3.8, 4) is 0 Å². The van der Waals surface area contributed by atoms with Crippen molar-refractivity contribution in [1.82, 2.24) is 5.32 Å². The zero-order chi connectivity index (χ0) is 12.2. The van der Waals surface area contributed by atoms with Crippen LogP contribution in [0.1, 0.15) is 51.9 Å². The van der Waals surface area contributed by atoms with Gasteiger partial charge in [-0.3, -0.25) is 0 Å². The van der Waals surface area contributed by atoms with E-state index in [1.807, 2.05) is 7.05 Å². The van der Waals surface area contributed by atoms with E-state index in [1.54, 1.807) is 0 Å². The average Bonchev–Trinajstić information content (AvgIpc) is 2.59. The van der Waals surface area contributed by atoms with Crippen LogP contribution in [0, 0.1) is 5.41 Å². The number of hydrogen-bond donors (Lipinski definition) is 1. The Morgan fingerprint density at radius 1 is 1.25 bits per heavy atom. The van der Waals surface area contributed by atoms with Gasteiger partial charge in [-0.25, -0.2) is 0 Å². The molecule has 0 aromatic carbocycles. The molecule has 4 heteroatoms. The van der Waals surface area contributed by atoms with Crippen molar-refractivity contribution in [3.63, 3.8) is 0 Å². The van der Waals surface area contributed by atoms with Gasteiger partial charge in [0.05, 0.1) is 0 Å². The topological polar surface area (TPSA) is 12.0 Å². The quantitative estimate of drug-likeness (QED) is 0.765. The minimum Gasteiger partial charge on any atom is -0.316 e. The predicted octanol–water partition coefficient (Wildman–Crippen LogP) is 3.89. The SMILES string of the molecule is CNC(CCCC(F)(F)F)C1(C)CCCC1. The van der Waals surface area contributed by atoms with Crippen LogP contribution < -0.4 is 5.32 Å². The number of hydrogen-bond acceptors (Lipinski definition) is 1. The monoisotopic (exact) mass is 237 g/mol. The molecule has 1 rings (SSSR count). The summed E-state index contributed by atoms with van der Waals surface area (Å²) in [5.74, 6) is 0. The predicted molar refractivity (Wildman–Crippen MR) is 59.3 cm³/mol. The Bertz CT molecular complexity index is 207. The van der Waals surface area contributed by atoms with E-state index in [-0.39, 0.29) is 17.9 Å². The summed E-state index contributed by atoms with van der Waals surface area (Å²) in [4.78, 5) is 0. The van der Waals surface area contributed by atoms with E-state index in [4.69, 9.17) is 0 Å². The summed E-state index contributed by atoms with van der Waals surface area (Å²) >= 11 is 0. The molecular formula is C12H22F3N. The fourth-order valence-corrected chi connectivity index (χ4v) is 2.88. The second kappa shape index (κ2) is 5.39. The van der Waals surface area contributed by atoms with Gasteiger partial charge in [0.25, 0.3) is 0 Å². The van der Waals surface area contributed by atoms with Crippen molar-refractivity contribution >= 4 is 0 Å². The maximum atomic E-state index is 12.1. The Morgan fingerprint density at radius 2 is 1.81 bits per heavy atom. The first-order valence-electron chi connectivity index (χ1n) is 6.11. The molecular weight excluding hydrogens is 215 g/mol. The van der Waals surface area contributed by atoms with Crippen LogP contribution in [0.25, 0.3) is 0 Å². The van der Waals surface area contributed by atoms with Crippen LogP contribution in [0.2, 0.25) is 0 Å². The van der Waals surface area contributed by atoms with Crippen molar-refractivity contribution < 1.29 is 13.2 Å². The van der Waals surface area contributed by atoms with Gasteiger partial charge in [0.2, 0.25) is 0 Å². The Kier molecular flexibility index (Phi) is 4.65. The van der Waals surface area contributed by atoms with Crippen LogP contribution in [0.5, 0.6) is 0 Å². The average molecular weight is 237 g/mol. The second-order valence-electron chi connectivity index (χ2n) is 5.21. The fourth-order valence-electron chi connectivity index (χ4n) is 2.88. The van der Waals surface area contributed by atoms with Crippen LogP contribution in [-0.2, 0) is 0 Å². The van der Waals surface area contributed by atoms with Crippen molar-refractivity contribution in [2.45, 2.75) is 64.1 Å². The van der Waals surface area contributed by atoms with Crippen molar-refractivity contribution in [2.75, 3.05) is 7.05 Å².